The van der Waals surface area contributed by atoms with Crippen molar-refractivity contribution < 1.29 is 19.1 Å². The zero-order valence-corrected chi connectivity index (χ0v) is 9.59. The first-order chi connectivity index (χ1) is 8.66. The third kappa shape index (κ3) is 2.33. The molecule has 0 saturated carbocycles. The highest BCUT2D eigenvalue weighted by molar-refractivity contribution is 5.89. The van der Waals surface area contributed by atoms with E-state index in [1.165, 1.54) is 0 Å². The molecule has 5 nitrogen and oxygen atoms in total. The summed E-state index contributed by atoms with van der Waals surface area (Å²) in [5.41, 5.74) is -0.949. The Morgan fingerprint density at radius 1 is 1.44 bits per heavy atom. The number of hydrogen-bond donors (Lipinski definition) is 0. The lowest BCUT2D eigenvalue weighted by atomic mass is 10.0. The van der Waals surface area contributed by atoms with Crippen LogP contribution < -0.4 is 0 Å². The quantitative estimate of drug-likeness (QED) is 0.751. The molecule has 1 aliphatic heterocycles. The average molecular weight is 245 g/mol. The summed E-state index contributed by atoms with van der Waals surface area (Å²) in [6.07, 6.45) is 0.115. The van der Waals surface area contributed by atoms with Gasteiger partial charge in [-0.15, -0.1) is 0 Å². The number of hydrogen-bond acceptors (Lipinski definition) is 5. The number of carbonyl (C=O) groups excluding carboxylic acids is 2. The van der Waals surface area contributed by atoms with Crippen molar-refractivity contribution >= 4 is 11.9 Å². The zero-order valence-electron chi connectivity index (χ0n) is 9.59. The lowest BCUT2D eigenvalue weighted by molar-refractivity contribution is -0.169. The SMILES string of the molecule is N#CC1(C(=O)OCc2ccccc2)CCC(=O)O1. The van der Waals surface area contributed by atoms with Gasteiger partial charge in [0.25, 0.3) is 5.60 Å². The van der Waals surface area contributed by atoms with E-state index < -0.39 is 17.5 Å². The van der Waals surface area contributed by atoms with Gasteiger partial charge in [-0.1, -0.05) is 30.3 Å². The van der Waals surface area contributed by atoms with Crippen molar-refractivity contribution in [3.8, 4) is 6.07 Å². The number of carbonyl (C=O) groups is 2. The molecule has 0 amide bonds. The molecule has 0 spiro atoms. The third-order valence-corrected chi connectivity index (χ3v) is 2.69. The lowest BCUT2D eigenvalue weighted by Gasteiger charge is -2.17. The molecule has 1 fully saturated rings. The van der Waals surface area contributed by atoms with Crippen molar-refractivity contribution in [2.75, 3.05) is 0 Å². The van der Waals surface area contributed by atoms with Crippen molar-refractivity contribution in [1.29, 1.82) is 5.26 Å². The lowest BCUT2D eigenvalue weighted by Crippen LogP contribution is -2.38. The van der Waals surface area contributed by atoms with Crippen LogP contribution in [-0.2, 0) is 25.7 Å². The molecule has 1 aliphatic rings. The Morgan fingerprint density at radius 3 is 2.72 bits per heavy atom. The molecule has 18 heavy (non-hydrogen) atoms. The maximum absolute atomic E-state index is 11.8. The van der Waals surface area contributed by atoms with E-state index in [0.29, 0.717) is 0 Å². The second-order valence-electron chi connectivity index (χ2n) is 3.97. The summed E-state index contributed by atoms with van der Waals surface area (Å²) in [6, 6.07) is 10.8. The van der Waals surface area contributed by atoms with Gasteiger partial charge in [0.2, 0.25) is 0 Å². The van der Waals surface area contributed by atoms with E-state index in [4.69, 9.17) is 14.7 Å². The summed E-state index contributed by atoms with van der Waals surface area (Å²) in [7, 11) is 0. The van der Waals surface area contributed by atoms with Crippen LogP contribution in [0.3, 0.4) is 0 Å². The molecular formula is C13H11NO4. The number of cyclic esters (lactones) is 1. The maximum atomic E-state index is 11.8. The third-order valence-electron chi connectivity index (χ3n) is 2.69. The fraction of sp³-hybridized carbons (Fsp3) is 0.308. The molecule has 5 heteroatoms. The fourth-order valence-corrected chi connectivity index (χ4v) is 1.68. The standard InChI is InChI=1S/C13H11NO4/c14-9-13(7-6-11(15)18-13)12(16)17-8-10-4-2-1-3-5-10/h1-5H,6-8H2. The van der Waals surface area contributed by atoms with Crippen molar-refractivity contribution in [2.45, 2.75) is 25.0 Å². The monoisotopic (exact) mass is 245 g/mol. The van der Waals surface area contributed by atoms with Crippen molar-refractivity contribution in [3.63, 3.8) is 0 Å². The summed E-state index contributed by atoms with van der Waals surface area (Å²) in [5.74, 6) is -1.35. The van der Waals surface area contributed by atoms with Gasteiger partial charge in [0, 0.05) is 6.42 Å². The maximum Gasteiger partial charge on any atom is 0.366 e. The molecule has 2 rings (SSSR count). The number of nitriles is 1. The second kappa shape index (κ2) is 4.88. The van der Waals surface area contributed by atoms with E-state index in [-0.39, 0.29) is 19.4 Å². The van der Waals surface area contributed by atoms with E-state index >= 15 is 0 Å². The second-order valence-corrected chi connectivity index (χ2v) is 3.97. The minimum atomic E-state index is -1.76. The van der Waals surface area contributed by atoms with Crippen LogP contribution in [0.15, 0.2) is 30.3 Å². The summed E-state index contributed by atoms with van der Waals surface area (Å²) in [5, 5.41) is 8.97. The molecule has 92 valence electrons. The van der Waals surface area contributed by atoms with Gasteiger partial charge in [0.1, 0.15) is 12.7 Å². The summed E-state index contributed by atoms with van der Waals surface area (Å²) < 4.78 is 9.79. The van der Waals surface area contributed by atoms with E-state index in [1.807, 2.05) is 18.2 Å². The molecule has 1 saturated heterocycles. The molecule has 0 radical (unpaired) electrons. The molecule has 0 bridgehead atoms. The van der Waals surface area contributed by atoms with Gasteiger partial charge in [0.05, 0.1) is 6.42 Å². The van der Waals surface area contributed by atoms with Crippen LogP contribution in [0, 0.1) is 11.3 Å². The number of esters is 2. The summed E-state index contributed by atoms with van der Waals surface area (Å²) >= 11 is 0. The Kier molecular flexibility index (Phi) is 3.28. The summed E-state index contributed by atoms with van der Waals surface area (Å²) in [6.45, 7) is 0.0562. The van der Waals surface area contributed by atoms with E-state index in [0.717, 1.165) is 5.56 Å². The number of ether oxygens (including phenoxy) is 2. The topological polar surface area (TPSA) is 76.4 Å². The first-order valence-electron chi connectivity index (χ1n) is 5.50. The molecule has 1 aromatic rings. The van der Waals surface area contributed by atoms with E-state index in [2.05, 4.69) is 0 Å². The van der Waals surface area contributed by atoms with Gasteiger partial charge in [-0.3, -0.25) is 4.79 Å². The first-order valence-corrected chi connectivity index (χ1v) is 5.50. The highest BCUT2D eigenvalue weighted by Gasteiger charge is 2.49. The van der Waals surface area contributed by atoms with Gasteiger partial charge >= 0.3 is 11.9 Å². The molecule has 0 N–H and O–H groups in total. The van der Waals surface area contributed by atoms with Gasteiger partial charge in [-0.05, 0) is 5.56 Å². The van der Waals surface area contributed by atoms with Gasteiger partial charge in [-0.25, -0.2) is 4.79 Å². The Hall–Kier alpha value is -2.35. The minimum absolute atomic E-state index is 0.0515. The van der Waals surface area contributed by atoms with Crippen molar-refractivity contribution in [2.24, 2.45) is 0 Å². The number of benzene rings is 1. The minimum Gasteiger partial charge on any atom is -0.457 e. The van der Waals surface area contributed by atoms with Crippen molar-refractivity contribution in [1.82, 2.24) is 0 Å². The van der Waals surface area contributed by atoms with Crippen LogP contribution in [0.5, 0.6) is 0 Å². The normalized spacial score (nSPS) is 22.1. The van der Waals surface area contributed by atoms with E-state index in [9.17, 15) is 9.59 Å². The van der Waals surface area contributed by atoms with Gasteiger partial charge in [-0.2, -0.15) is 5.26 Å². The van der Waals surface area contributed by atoms with Crippen LogP contribution in [0.1, 0.15) is 18.4 Å². The van der Waals surface area contributed by atoms with Crippen LogP contribution in [0.25, 0.3) is 0 Å². The Morgan fingerprint density at radius 2 is 2.17 bits per heavy atom. The molecule has 1 unspecified atom stereocenters. The van der Waals surface area contributed by atoms with E-state index in [1.54, 1.807) is 18.2 Å². The number of nitrogens with zero attached hydrogens (tertiary/aromatic N) is 1. The molecule has 1 heterocycles. The average Bonchev–Trinajstić information content (AvgIpc) is 2.80. The zero-order chi connectivity index (χ0) is 13.0. The molecular weight excluding hydrogens is 234 g/mol. The Balaban J connectivity index is 2.00. The molecule has 0 aromatic heterocycles. The van der Waals surface area contributed by atoms with Gasteiger partial charge in [0.15, 0.2) is 0 Å². The van der Waals surface area contributed by atoms with Crippen LogP contribution in [-0.4, -0.2) is 17.5 Å². The summed E-state index contributed by atoms with van der Waals surface area (Å²) in [4.78, 5) is 22.8. The number of rotatable bonds is 3. The Bertz CT molecular complexity index is 505. The largest absolute Gasteiger partial charge is 0.457 e. The van der Waals surface area contributed by atoms with Crippen LogP contribution in [0.2, 0.25) is 0 Å². The fourth-order valence-electron chi connectivity index (χ4n) is 1.68. The van der Waals surface area contributed by atoms with Crippen LogP contribution >= 0.6 is 0 Å². The smallest absolute Gasteiger partial charge is 0.366 e. The predicted octanol–water partition coefficient (Wildman–Crippen LogP) is 1.33. The molecule has 0 aliphatic carbocycles. The first kappa shape index (κ1) is 12.1. The molecule has 1 aromatic carbocycles. The van der Waals surface area contributed by atoms with Crippen molar-refractivity contribution in [3.05, 3.63) is 35.9 Å². The predicted molar refractivity (Wildman–Crippen MR) is 59.9 cm³/mol. The highest BCUT2D eigenvalue weighted by Crippen LogP contribution is 2.27. The van der Waals surface area contributed by atoms with Gasteiger partial charge < -0.3 is 9.47 Å². The van der Waals surface area contributed by atoms with Crippen LogP contribution in [0.4, 0.5) is 0 Å². The molecule has 1 atom stereocenters. The Labute approximate surface area is 104 Å². The highest BCUT2D eigenvalue weighted by atomic mass is 16.6.